The van der Waals surface area contributed by atoms with Gasteiger partial charge in [0.15, 0.2) is 11.6 Å². The molecule has 0 amide bonds. The minimum Gasteiger partial charge on any atom is -0.204 e. The van der Waals surface area contributed by atoms with Crippen LogP contribution in [0.25, 0.3) is 0 Å². The van der Waals surface area contributed by atoms with E-state index in [9.17, 15) is 8.78 Å². The largest absolute Gasteiger partial charge is 0.204 e. The van der Waals surface area contributed by atoms with Crippen LogP contribution in [0.1, 0.15) is 17.9 Å². The molecule has 0 bridgehead atoms. The highest BCUT2D eigenvalue weighted by atomic mass is 19.2. The molecule has 2 heteroatoms. The molecule has 0 N–H and O–H groups in total. The monoisotopic (exact) mass is 166 g/mol. The van der Waals surface area contributed by atoms with E-state index in [0.29, 0.717) is 5.92 Å². The molecule has 1 aliphatic rings. The maximum Gasteiger partial charge on any atom is 0.159 e. The molecule has 62 valence electrons. The standard InChI is InChI=1S/C10H8F2/c11-9-5-4-8(6-10(9)12)7-2-1-3-7/h1-2,4-7H,3H2/t7-/m1/s1. The summed E-state index contributed by atoms with van der Waals surface area (Å²) in [5.41, 5.74) is 0.858. The lowest BCUT2D eigenvalue weighted by Gasteiger charge is -2.17. The molecule has 0 nitrogen and oxygen atoms in total. The third kappa shape index (κ3) is 1.13. The Bertz CT molecular complexity index is 329. The van der Waals surface area contributed by atoms with E-state index in [0.717, 1.165) is 12.0 Å². The van der Waals surface area contributed by atoms with Gasteiger partial charge < -0.3 is 0 Å². The number of halogens is 2. The van der Waals surface area contributed by atoms with Crippen molar-refractivity contribution in [3.63, 3.8) is 0 Å². The first-order valence-corrected chi connectivity index (χ1v) is 3.89. The lowest BCUT2D eigenvalue weighted by atomic mass is 9.88. The van der Waals surface area contributed by atoms with Gasteiger partial charge >= 0.3 is 0 Å². The predicted molar refractivity (Wildman–Crippen MR) is 42.9 cm³/mol. The molecule has 0 radical (unpaired) electrons. The minimum atomic E-state index is -0.776. The van der Waals surface area contributed by atoms with Crippen molar-refractivity contribution >= 4 is 0 Å². The zero-order valence-corrected chi connectivity index (χ0v) is 6.43. The van der Waals surface area contributed by atoms with Crippen molar-refractivity contribution in [2.45, 2.75) is 12.3 Å². The molecule has 2 rings (SSSR count). The van der Waals surface area contributed by atoms with E-state index in [1.165, 1.54) is 12.1 Å². The normalized spacial score (nSPS) is 20.7. The van der Waals surface area contributed by atoms with Crippen LogP contribution in [0.15, 0.2) is 30.4 Å². The molecule has 1 aliphatic carbocycles. The summed E-state index contributed by atoms with van der Waals surface area (Å²) in [6.07, 6.45) is 4.95. The second-order valence-electron chi connectivity index (χ2n) is 2.94. The molecule has 0 unspecified atom stereocenters. The Kier molecular flexibility index (Phi) is 1.68. The Morgan fingerprint density at radius 3 is 2.42 bits per heavy atom. The molecule has 0 saturated heterocycles. The first kappa shape index (κ1) is 7.47. The lowest BCUT2D eigenvalue weighted by Crippen LogP contribution is -2.01. The molecule has 0 aliphatic heterocycles. The van der Waals surface area contributed by atoms with Crippen molar-refractivity contribution in [1.29, 1.82) is 0 Å². The van der Waals surface area contributed by atoms with E-state index in [1.807, 2.05) is 12.2 Å². The van der Waals surface area contributed by atoms with Crippen molar-refractivity contribution in [2.24, 2.45) is 0 Å². The third-order valence-electron chi connectivity index (χ3n) is 2.13. The summed E-state index contributed by atoms with van der Waals surface area (Å²) in [6.45, 7) is 0. The molecule has 0 fully saturated rings. The van der Waals surface area contributed by atoms with E-state index in [-0.39, 0.29) is 0 Å². The summed E-state index contributed by atoms with van der Waals surface area (Å²) < 4.78 is 25.2. The van der Waals surface area contributed by atoms with Crippen LogP contribution in [0.2, 0.25) is 0 Å². The smallest absolute Gasteiger partial charge is 0.159 e. The van der Waals surface area contributed by atoms with Gasteiger partial charge in [-0.3, -0.25) is 0 Å². The van der Waals surface area contributed by atoms with Gasteiger partial charge in [0, 0.05) is 5.92 Å². The quantitative estimate of drug-likeness (QED) is 0.562. The second-order valence-corrected chi connectivity index (χ2v) is 2.94. The van der Waals surface area contributed by atoms with Crippen LogP contribution in [0.4, 0.5) is 8.78 Å². The van der Waals surface area contributed by atoms with Crippen molar-refractivity contribution in [3.05, 3.63) is 47.5 Å². The predicted octanol–water partition coefficient (Wildman–Crippen LogP) is 3.01. The van der Waals surface area contributed by atoms with Gasteiger partial charge in [-0.05, 0) is 24.1 Å². The van der Waals surface area contributed by atoms with Gasteiger partial charge in [-0.25, -0.2) is 8.78 Å². The number of benzene rings is 1. The first-order valence-electron chi connectivity index (χ1n) is 3.89. The SMILES string of the molecule is Fc1ccc([C@@H]2C=CC2)cc1F. The van der Waals surface area contributed by atoms with Crippen molar-refractivity contribution < 1.29 is 8.78 Å². The van der Waals surface area contributed by atoms with Crippen LogP contribution < -0.4 is 0 Å². The highest BCUT2D eigenvalue weighted by Crippen LogP contribution is 2.29. The highest BCUT2D eigenvalue weighted by Gasteiger charge is 2.14. The lowest BCUT2D eigenvalue weighted by molar-refractivity contribution is 0.506. The molecule has 1 atom stereocenters. The fourth-order valence-electron chi connectivity index (χ4n) is 1.26. The molecule has 0 aromatic heterocycles. The molecule has 0 spiro atoms. The van der Waals surface area contributed by atoms with Gasteiger partial charge in [0.2, 0.25) is 0 Å². The van der Waals surface area contributed by atoms with Gasteiger partial charge in [0.1, 0.15) is 0 Å². The van der Waals surface area contributed by atoms with Gasteiger partial charge in [-0.2, -0.15) is 0 Å². The van der Waals surface area contributed by atoms with Crippen molar-refractivity contribution in [1.82, 2.24) is 0 Å². The molecular weight excluding hydrogens is 158 g/mol. The zero-order chi connectivity index (χ0) is 8.55. The number of hydrogen-bond donors (Lipinski definition) is 0. The fourth-order valence-corrected chi connectivity index (χ4v) is 1.26. The maximum absolute atomic E-state index is 12.7. The first-order chi connectivity index (χ1) is 5.77. The van der Waals surface area contributed by atoms with Crippen molar-refractivity contribution in [3.8, 4) is 0 Å². The topological polar surface area (TPSA) is 0 Å². The summed E-state index contributed by atoms with van der Waals surface area (Å²) in [7, 11) is 0. The summed E-state index contributed by atoms with van der Waals surface area (Å²) in [5, 5.41) is 0. The molecule has 0 heterocycles. The van der Waals surface area contributed by atoms with Crippen LogP contribution in [0.5, 0.6) is 0 Å². The van der Waals surface area contributed by atoms with Crippen LogP contribution >= 0.6 is 0 Å². The summed E-state index contributed by atoms with van der Waals surface area (Å²) >= 11 is 0. The average molecular weight is 166 g/mol. The Labute approximate surface area is 69.5 Å². The van der Waals surface area contributed by atoms with Gasteiger partial charge in [0.25, 0.3) is 0 Å². The van der Waals surface area contributed by atoms with Gasteiger partial charge in [-0.1, -0.05) is 18.2 Å². The summed E-state index contributed by atoms with van der Waals surface area (Å²) in [6, 6.07) is 4.08. The Morgan fingerprint density at radius 2 is 1.92 bits per heavy atom. The molecular formula is C10H8F2. The zero-order valence-electron chi connectivity index (χ0n) is 6.43. The van der Waals surface area contributed by atoms with Crippen LogP contribution in [0.3, 0.4) is 0 Å². The molecule has 1 aromatic rings. The van der Waals surface area contributed by atoms with Crippen LogP contribution in [-0.2, 0) is 0 Å². The number of allylic oxidation sites excluding steroid dienone is 2. The maximum atomic E-state index is 12.7. The number of hydrogen-bond acceptors (Lipinski definition) is 0. The molecule has 0 saturated carbocycles. The Morgan fingerprint density at radius 1 is 1.17 bits per heavy atom. The van der Waals surface area contributed by atoms with Gasteiger partial charge in [0.05, 0.1) is 0 Å². The second kappa shape index (κ2) is 2.70. The Balaban J connectivity index is 2.34. The minimum absolute atomic E-state index is 0.292. The third-order valence-corrected chi connectivity index (χ3v) is 2.13. The molecule has 12 heavy (non-hydrogen) atoms. The van der Waals surface area contributed by atoms with E-state index in [4.69, 9.17) is 0 Å². The van der Waals surface area contributed by atoms with E-state index in [1.54, 1.807) is 6.07 Å². The fraction of sp³-hybridized carbons (Fsp3) is 0.200. The Hall–Kier alpha value is -1.18. The summed E-state index contributed by atoms with van der Waals surface area (Å²) in [5.74, 6) is -1.24. The van der Waals surface area contributed by atoms with Crippen molar-refractivity contribution in [2.75, 3.05) is 0 Å². The average Bonchev–Trinajstić information content (AvgIpc) is 1.93. The van der Waals surface area contributed by atoms with Crippen LogP contribution in [-0.4, -0.2) is 0 Å². The highest BCUT2D eigenvalue weighted by molar-refractivity contribution is 5.29. The van der Waals surface area contributed by atoms with Gasteiger partial charge in [-0.15, -0.1) is 0 Å². The van der Waals surface area contributed by atoms with E-state index in [2.05, 4.69) is 0 Å². The number of rotatable bonds is 1. The molecule has 1 aromatic carbocycles. The van der Waals surface area contributed by atoms with Crippen LogP contribution in [0, 0.1) is 11.6 Å². The summed E-state index contributed by atoms with van der Waals surface area (Å²) in [4.78, 5) is 0. The van der Waals surface area contributed by atoms with E-state index >= 15 is 0 Å². The van der Waals surface area contributed by atoms with E-state index < -0.39 is 11.6 Å².